The van der Waals surface area contributed by atoms with E-state index in [1.54, 1.807) is 0 Å². The van der Waals surface area contributed by atoms with E-state index >= 15 is 0 Å². The predicted octanol–water partition coefficient (Wildman–Crippen LogP) is 11.5. The fraction of sp³-hybridized carbons (Fsp3) is 0.0213. The number of para-hydroxylation sites is 2. The van der Waals surface area contributed by atoms with Crippen LogP contribution in [0.2, 0.25) is 0 Å². The van der Waals surface area contributed by atoms with Crippen molar-refractivity contribution in [3.63, 3.8) is 0 Å². The molecule has 2 aliphatic carbocycles. The van der Waals surface area contributed by atoms with Crippen LogP contribution in [0.15, 0.2) is 168 Å². The van der Waals surface area contributed by atoms with Crippen molar-refractivity contribution in [3.05, 3.63) is 186 Å². The molecule has 0 atom stereocenters. The summed E-state index contributed by atoms with van der Waals surface area (Å²) in [5.41, 5.74) is 15.3. The zero-order valence-electron chi connectivity index (χ0n) is 27.3. The first-order chi connectivity index (χ1) is 25.3. The Morgan fingerprint density at radius 2 is 1.08 bits per heavy atom. The van der Waals surface area contributed by atoms with Crippen LogP contribution in [0.1, 0.15) is 22.3 Å². The Morgan fingerprint density at radius 3 is 1.84 bits per heavy atom. The lowest BCUT2D eigenvalue weighted by Gasteiger charge is -2.30. The monoisotopic (exact) mass is 649 g/mol. The van der Waals surface area contributed by atoms with Gasteiger partial charge in [0.25, 0.3) is 0 Å². The minimum Gasteiger partial charge on any atom is -0.437 e. The third kappa shape index (κ3) is 3.30. The number of hydrogen-bond donors (Lipinski definition) is 0. The number of fused-ring (bicyclic) bond motifs is 17. The number of benzene rings is 7. The van der Waals surface area contributed by atoms with Crippen molar-refractivity contribution in [1.29, 1.82) is 0 Å². The second kappa shape index (κ2) is 9.68. The smallest absolute Gasteiger partial charge is 0.238 e. The summed E-state index contributed by atoms with van der Waals surface area (Å²) in [5, 5.41) is 4.27. The molecule has 0 radical (unpaired) electrons. The molecule has 4 nitrogen and oxygen atoms in total. The van der Waals surface area contributed by atoms with Gasteiger partial charge in [0.15, 0.2) is 0 Å². The summed E-state index contributed by atoms with van der Waals surface area (Å²) in [6.45, 7) is 0. The van der Waals surface area contributed by atoms with Crippen molar-refractivity contribution in [1.82, 2.24) is 14.5 Å². The van der Waals surface area contributed by atoms with Crippen LogP contribution >= 0.6 is 0 Å². The zero-order chi connectivity index (χ0) is 33.3. The zero-order valence-corrected chi connectivity index (χ0v) is 27.3. The van der Waals surface area contributed by atoms with Gasteiger partial charge in [-0.15, -0.1) is 0 Å². The lowest BCUT2D eigenvalue weighted by molar-refractivity contribution is 0.651. The van der Waals surface area contributed by atoms with Crippen LogP contribution < -0.4 is 0 Å². The Labute approximate surface area is 292 Å². The van der Waals surface area contributed by atoms with Gasteiger partial charge in [-0.2, -0.15) is 4.98 Å². The summed E-state index contributed by atoms with van der Waals surface area (Å²) in [7, 11) is 0. The first-order valence-electron chi connectivity index (χ1n) is 17.4. The average molecular weight is 650 g/mol. The van der Waals surface area contributed by atoms with Gasteiger partial charge in [0.05, 0.1) is 27.5 Å². The van der Waals surface area contributed by atoms with Crippen molar-refractivity contribution < 1.29 is 4.42 Å². The minimum absolute atomic E-state index is 0.451. The molecule has 0 N–H and O–H groups in total. The van der Waals surface area contributed by atoms with Gasteiger partial charge in [0.1, 0.15) is 5.58 Å². The van der Waals surface area contributed by atoms with Crippen molar-refractivity contribution in [2.45, 2.75) is 5.41 Å². The van der Waals surface area contributed by atoms with E-state index in [2.05, 4.69) is 144 Å². The maximum Gasteiger partial charge on any atom is 0.238 e. The van der Waals surface area contributed by atoms with Gasteiger partial charge < -0.3 is 4.42 Å². The van der Waals surface area contributed by atoms with Crippen LogP contribution in [-0.4, -0.2) is 14.5 Å². The van der Waals surface area contributed by atoms with E-state index in [0.29, 0.717) is 11.7 Å². The summed E-state index contributed by atoms with van der Waals surface area (Å²) >= 11 is 0. The van der Waals surface area contributed by atoms with Gasteiger partial charge in [0, 0.05) is 27.3 Å². The molecule has 10 aromatic rings. The molecule has 236 valence electrons. The van der Waals surface area contributed by atoms with E-state index in [1.165, 1.54) is 49.9 Å². The largest absolute Gasteiger partial charge is 0.437 e. The topological polar surface area (TPSA) is 43.9 Å². The van der Waals surface area contributed by atoms with E-state index in [4.69, 9.17) is 14.4 Å². The van der Waals surface area contributed by atoms with Gasteiger partial charge in [-0.05, 0) is 51.1 Å². The highest BCUT2D eigenvalue weighted by Crippen LogP contribution is 2.64. The van der Waals surface area contributed by atoms with Crippen molar-refractivity contribution in [2.24, 2.45) is 0 Å². The molecule has 12 rings (SSSR count). The van der Waals surface area contributed by atoms with E-state index in [1.807, 2.05) is 24.3 Å². The third-order valence-electron chi connectivity index (χ3n) is 11.3. The van der Waals surface area contributed by atoms with Crippen LogP contribution in [0, 0.1) is 0 Å². The Bertz CT molecular complexity index is 3050. The molecule has 0 amide bonds. The van der Waals surface area contributed by atoms with Crippen LogP contribution in [0.4, 0.5) is 0 Å². The maximum absolute atomic E-state index is 6.52. The van der Waals surface area contributed by atoms with E-state index in [9.17, 15) is 0 Å². The number of nitrogens with zero attached hydrogens (tertiary/aromatic N) is 3. The second-order valence-electron chi connectivity index (χ2n) is 13.6. The van der Waals surface area contributed by atoms with Gasteiger partial charge in [-0.3, -0.25) is 4.57 Å². The molecule has 0 aliphatic heterocycles. The van der Waals surface area contributed by atoms with E-state index in [-0.39, 0.29) is 0 Å². The summed E-state index contributed by atoms with van der Waals surface area (Å²) in [6.07, 6.45) is 0. The molecule has 2 aliphatic rings. The molecule has 0 unspecified atom stereocenters. The van der Waals surface area contributed by atoms with Crippen molar-refractivity contribution in [3.8, 4) is 39.5 Å². The summed E-state index contributed by atoms with van der Waals surface area (Å²) < 4.78 is 8.80. The van der Waals surface area contributed by atoms with Crippen LogP contribution in [0.5, 0.6) is 0 Å². The molecule has 0 fully saturated rings. The Kier molecular flexibility index (Phi) is 5.14. The van der Waals surface area contributed by atoms with Gasteiger partial charge >= 0.3 is 0 Å². The van der Waals surface area contributed by atoms with Gasteiger partial charge in [-0.1, -0.05) is 152 Å². The highest BCUT2D eigenvalue weighted by Gasteiger charge is 2.52. The molecule has 4 heteroatoms. The highest BCUT2D eigenvalue weighted by molar-refractivity contribution is 6.17. The standard InChI is InChI=1S/C47H27N3O/c1-2-14-28(15-3-1)43-42-34-20-8-13-25-40(34)51-45(42)49-46(48-43)50-39-24-12-7-18-31(39)32-26-27-38-41(44(32)50)33-19-6-11-23-37(33)47(38)35-21-9-4-16-29(35)30-17-5-10-22-36(30)47/h1-27H. The Morgan fingerprint density at radius 1 is 0.471 bits per heavy atom. The SMILES string of the molecule is c1ccc(-c2nc(-n3c4ccccc4c4ccc5c(c43)-c3ccccc3C53c4ccccc4-c4ccccc43)nc3oc4ccccc4c23)cc1. The summed E-state index contributed by atoms with van der Waals surface area (Å²) in [5.74, 6) is 0.589. The maximum atomic E-state index is 6.52. The van der Waals surface area contributed by atoms with Crippen molar-refractivity contribution >= 4 is 43.9 Å². The Balaban J connectivity index is 1.26. The molecule has 0 saturated carbocycles. The highest BCUT2D eigenvalue weighted by atomic mass is 16.3. The van der Waals surface area contributed by atoms with E-state index in [0.717, 1.165) is 44.0 Å². The van der Waals surface area contributed by atoms with Crippen LogP contribution in [0.25, 0.3) is 83.3 Å². The summed E-state index contributed by atoms with van der Waals surface area (Å²) in [6, 6.07) is 58.8. The molecular weight excluding hydrogens is 623 g/mol. The van der Waals surface area contributed by atoms with Crippen LogP contribution in [-0.2, 0) is 5.41 Å². The number of hydrogen-bond acceptors (Lipinski definition) is 3. The lowest BCUT2D eigenvalue weighted by atomic mass is 9.70. The minimum atomic E-state index is -0.451. The van der Waals surface area contributed by atoms with E-state index < -0.39 is 5.41 Å². The third-order valence-corrected chi connectivity index (χ3v) is 11.3. The molecule has 3 heterocycles. The fourth-order valence-electron chi connectivity index (χ4n) is 9.36. The lowest BCUT2D eigenvalue weighted by Crippen LogP contribution is -2.25. The first kappa shape index (κ1) is 27.1. The van der Waals surface area contributed by atoms with Crippen molar-refractivity contribution in [2.75, 3.05) is 0 Å². The molecular formula is C47H27N3O. The average Bonchev–Trinajstić information content (AvgIpc) is 3.91. The molecule has 0 saturated heterocycles. The Hall–Kier alpha value is -6.78. The normalized spacial score (nSPS) is 13.6. The number of rotatable bonds is 2. The molecule has 1 spiro atoms. The molecule has 0 bridgehead atoms. The first-order valence-corrected chi connectivity index (χ1v) is 17.4. The predicted molar refractivity (Wildman–Crippen MR) is 205 cm³/mol. The number of furan rings is 1. The quantitative estimate of drug-likeness (QED) is 0.187. The molecule has 7 aromatic carbocycles. The molecule has 51 heavy (non-hydrogen) atoms. The number of aromatic nitrogens is 3. The van der Waals surface area contributed by atoms with Gasteiger partial charge in [0.2, 0.25) is 11.7 Å². The molecule has 3 aromatic heterocycles. The fourth-order valence-corrected chi connectivity index (χ4v) is 9.36. The van der Waals surface area contributed by atoms with Gasteiger partial charge in [-0.25, -0.2) is 4.98 Å². The second-order valence-corrected chi connectivity index (χ2v) is 13.6. The van der Waals surface area contributed by atoms with Crippen LogP contribution in [0.3, 0.4) is 0 Å². The summed E-state index contributed by atoms with van der Waals surface area (Å²) in [4.78, 5) is 10.7.